The average Bonchev–Trinajstić information content (AvgIpc) is 4.12. The van der Waals surface area contributed by atoms with E-state index in [9.17, 15) is 0 Å². The Labute approximate surface area is 390 Å². The van der Waals surface area contributed by atoms with Gasteiger partial charge in [0, 0.05) is 22.6 Å². The summed E-state index contributed by atoms with van der Waals surface area (Å²) in [5.74, 6) is 0. The maximum atomic E-state index is 6.72. The van der Waals surface area contributed by atoms with E-state index in [1.807, 2.05) is 6.26 Å². The summed E-state index contributed by atoms with van der Waals surface area (Å²) in [4.78, 5) is 2.72. The molecule has 0 bridgehead atoms. The molecule has 2 nitrogen and oxygen atoms in total. The molecule has 0 saturated carbocycles. The maximum Gasteiger partial charge on any atom is 0.293 e. The Bertz CT molecular complexity index is 4740. The Morgan fingerprint density at radius 3 is 1.22 bits per heavy atom. The molecule has 5 heterocycles. The van der Waals surface area contributed by atoms with Gasteiger partial charge in [0.25, 0.3) is 6.71 Å². The van der Waals surface area contributed by atoms with Gasteiger partial charge in [-0.15, -0.1) is 0 Å². The predicted molar refractivity (Wildman–Crippen MR) is 291 cm³/mol. The number of para-hydroxylation sites is 1. The van der Waals surface area contributed by atoms with Crippen LogP contribution in [0.15, 0.2) is 205 Å². The number of hydrogen-bond donors (Lipinski definition) is 0. The van der Waals surface area contributed by atoms with Gasteiger partial charge in [0.05, 0.1) is 11.9 Å². The highest BCUT2D eigenvalue weighted by molar-refractivity contribution is 7.05. The first-order chi connectivity index (χ1) is 33.8. The summed E-state index contributed by atoms with van der Waals surface area (Å²) >= 11 is 0. The third kappa shape index (κ3) is 3.83. The summed E-state index contributed by atoms with van der Waals surface area (Å²) in [6.45, 7) is -0.0148. The molecule has 13 aromatic carbocycles. The minimum atomic E-state index is -0.0372. The second-order valence-corrected chi connectivity index (χ2v) is 19.6. The quantitative estimate of drug-likeness (QED) is 0.112. The van der Waals surface area contributed by atoms with Crippen molar-refractivity contribution < 1.29 is 4.42 Å². The first kappa shape index (κ1) is 34.7. The van der Waals surface area contributed by atoms with Crippen LogP contribution < -0.4 is 37.9 Å². The topological polar surface area (TPSA) is 16.4 Å². The van der Waals surface area contributed by atoms with Gasteiger partial charge >= 0.3 is 0 Å². The van der Waals surface area contributed by atoms with Gasteiger partial charge in [-0.2, -0.15) is 0 Å². The molecule has 14 aromatic rings. The van der Waals surface area contributed by atoms with Crippen molar-refractivity contribution in [2.75, 3.05) is 4.90 Å². The van der Waals surface area contributed by atoms with Crippen LogP contribution in [0.25, 0.3) is 119 Å². The molecular weight excluding hydrogens is 820 g/mol. The van der Waals surface area contributed by atoms with E-state index < -0.39 is 0 Å². The summed E-state index contributed by atoms with van der Waals surface area (Å²) in [5, 5.41) is 23.4. The van der Waals surface area contributed by atoms with Gasteiger partial charge < -0.3 is 9.32 Å². The van der Waals surface area contributed by atoms with Gasteiger partial charge in [-0.3, -0.25) is 0 Å². The highest BCUT2D eigenvalue weighted by Crippen LogP contribution is 2.53. The van der Waals surface area contributed by atoms with Crippen LogP contribution in [0.1, 0.15) is 0 Å². The molecule has 0 amide bonds. The van der Waals surface area contributed by atoms with Gasteiger partial charge in [0.2, 0.25) is 6.71 Å². The highest BCUT2D eigenvalue weighted by atomic mass is 16.3. The van der Waals surface area contributed by atoms with Crippen LogP contribution in [0.3, 0.4) is 0 Å². The van der Waals surface area contributed by atoms with E-state index in [0.29, 0.717) is 0 Å². The second kappa shape index (κ2) is 11.9. The molecule has 4 heteroatoms. The third-order valence-corrected chi connectivity index (χ3v) is 16.8. The van der Waals surface area contributed by atoms with Crippen molar-refractivity contribution in [2.45, 2.75) is 0 Å². The van der Waals surface area contributed by atoms with Crippen LogP contribution in [0, 0.1) is 0 Å². The first-order valence-corrected chi connectivity index (χ1v) is 24.0. The minimum absolute atomic E-state index is 0.0224. The molecule has 0 N–H and O–H groups in total. The van der Waals surface area contributed by atoms with Crippen molar-refractivity contribution in [3.63, 3.8) is 0 Å². The highest BCUT2D eigenvalue weighted by Gasteiger charge is 2.52. The zero-order valence-corrected chi connectivity index (χ0v) is 36.6. The zero-order valence-electron chi connectivity index (χ0n) is 36.6. The number of rotatable bonds is 0. The van der Waals surface area contributed by atoms with Crippen LogP contribution in [0.4, 0.5) is 17.1 Å². The SMILES string of the molecule is c1cc2c3c(c1)B1c4ccc5c6ccccc6c6ccccc6c5c4-c4c1c(cc1c5ccccc5c5ccccc5c41)N3c1cc3c4ccccc4c4ccccc4c3c3c1B2c1occc1-3. The fraction of sp³-hybridized carbons (Fsp3) is 0. The van der Waals surface area contributed by atoms with Crippen molar-refractivity contribution in [1.82, 2.24) is 0 Å². The Morgan fingerprint density at radius 1 is 0.309 bits per heavy atom. The summed E-state index contributed by atoms with van der Waals surface area (Å²) < 4.78 is 6.72. The second-order valence-electron chi connectivity index (χ2n) is 19.6. The number of nitrogens with zero attached hydrogens (tertiary/aromatic N) is 1. The van der Waals surface area contributed by atoms with E-state index in [1.54, 1.807) is 0 Å². The molecule has 0 atom stereocenters. The molecule has 0 fully saturated rings. The van der Waals surface area contributed by atoms with Crippen molar-refractivity contribution in [1.29, 1.82) is 0 Å². The molecule has 0 aliphatic carbocycles. The van der Waals surface area contributed by atoms with Crippen LogP contribution in [-0.4, -0.2) is 13.4 Å². The van der Waals surface area contributed by atoms with Crippen LogP contribution in [0.2, 0.25) is 0 Å². The van der Waals surface area contributed by atoms with Gasteiger partial charge in [-0.25, -0.2) is 0 Å². The summed E-state index contributed by atoms with van der Waals surface area (Å²) in [6, 6.07) is 74.0. The van der Waals surface area contributed by atoms with Gasteiger partial charge in [-0.1, -0.05) is 181 Å². The molecule has 4 aliphatic heterocycles. The van der Waals surface area contributed by atoms with Gasteiger partial charge in [0.1, 0.15) is 0 Å². The normalized spacial score (nSPS) is 13.8. The van der Waals surface area contributed by atoms with Crippen LogP contribution >= 0.6 is 0 Å². The van der Waals surface area contributed by atoms with E-state index >= 15 is 0 Å². The summed E-state index contributed by atoms with van der Waals surface area (Å²) in [6.07, 6.45) is 1.92. The fourth-order valence-electron chi connectivity index (χ4n) is 14.5. The number of anilines is 3. The largest absolute Gasteiger partial charge is 0.478 e. The molecule has 18 rings (SSSR count). The van der Waals surface area contributed by atoms with Crippen molar-refractivity contribution >= 4 is 160 Å². The molecule has 0 saturated heterocycles. The molecule has 0 unspecified atom stereocenters. The molecule has 0 spiro atoms. The minimum Gasteiger partial charge on any atom is -0.478 e. The third-order valence-electron chi connectivity index (χ3n) is 16.8. The Kier molecular flexibility index (Phi) is 6.05. The van der Waals surface area contributed by atoms with E-state index in [4.69, 9.17) is 4.42 Å². The van der Waals surface area contributed by atoms with Crippen molar-refractivity contribution in [2.24, 2.45) is 0 Å². The van der Waals surface area contributed by atoms with Crippen LogP contribution in [-0.2, 0) is 0 Å². The first-order valence-electron chi connectivity index (χ1n) is 24.0. The van der Waals surface area contributed by atoms with E-state index in [2.05, 4.69) is 199 Å². The van der Waals surface area contributed by atoms with E-state index in [1.165, 1.54) is 164 Å². The fourth-order valence-corrected chi connectivity index (χ4v) is 14.5. The lowest BCUT2D eigenvalue weighted by atomic mass is 9.33. The Hall–Kier alpha value is -8.59. The number of furan rings is 1. The smallest absolute Gasteiger partial charge is 0.293 e. The number of fused-ring (bicyclic) bond motifs is 31. The number of hydrogen-bond acceptors (Lipinski definition) is 2. The van der Waals surface area contributed by atoms with E-state index in [-0.39, 0.29) is 13.4 Å². The molecule has 4 aliphatic rings. The predicted octanol–water partition coefficient (Wildman–Crippen LogP) is 12.7. The Balaban J connectivity index is 1.09. The van der Waals surface area contributed by atoms with Gasteiger partial charge in [0.15, 0.2) is 0 Å². The molecule has 306 valence electrons. The lowest BCUT2D eigenvalue weighted by Crippen LogP contribution is -2.62. The maximum absolute atomic E-state index is 6.72. The standard InChI is InChI=1S/C64H33B2NO/c1-4-20-40-34(14-1)37-17-7-10-23-43(37)55-46(40)28-29-50-59(55)60-57-45-25-12-9-19-39(45)36-16-3-6-22-42(36)49(57)33-54-62(60)65(50)51-26-13-27-52-63(51)67(54)53-32-48-41-21-5-2-15-35(41)38-18-8-11-24-44(38)56(48)58-47-30-31-68-64(47)66(52)61(53)58/h1-33H. The molecule has 1 aromatic heterocycles. The van der Waals surface area contributed by atoms with Crippen molar-refractivity contribution in [3.8, 4) is 22.3 Å². The van der Waals surface area contributed by atoms with Crippen molar-refractivity contribution in [3.05, 3.63) is 200 Å². The van der Waals surface area contributed by atoms with E-state index in [0.717, 1.165) is 5.66 Å². The number of benzene rings is 13. The average molecular weight is 854 g/mol. The lowest BCUT2D eigenvalue weighted by molar-refractivity contribution is 0.601. The van der Waals surface area contributed by atoms with Gasteiger partial charge in [-0.05, 0) is 154 Å². The lowest BCUT2D eigenvalue weighted by Gasteiger charge is -2.42. The molecule has 68 heavy (non-hydrogen) atoms. The summed E-state index contributed by atoms with van der Waals surface area (Å²) in [5.41, 5.74) is 17.0. The Morgan fingerprint density at radius 2 is 0.706 bits per heavy atom. The molecule has 0 radical (unpaired) electrons. The van der Waals surface area contributed by atoms with Crippen LogP contribution in [0.5, 0.6) is 0 Å². The molecular formula is C64H33B2NO. The summed E-state index contributed by atoms with van der Waals surface area (Å²) in [7, 11) is 0. The monoisotopic (exact) mass is 853 g/mol. The zero-order chi connectivity index (χ0) is 43.7.